The van der Waals surface area contributed by atoms with Gasteiger partial charge in [-0.1, -0.05) is 41.7 Å². The number of thiazole rings is 1. The van der Waals surface area contributed by atoms with Crippen LogP contribution in [0.3, 0.4) is 0 Å². The van der Waals surface area contributed by atoms with Crippen molar-refractivity contribution in [3.05, 3.63) is 60.2 Å². The number of hydrogen-bond acceptors (Lipinski definition) is 6. The molecule has 132 valence electrons. The number of rotatable bonds is 6. The zero-order chi connectivity index (χ0) is 18.5. The van der Waals surface area contributed by atoms with E-state index >= 15 is 0 Å². The number of benzene rings is 2. The average Bonchev–Trinajstić information content (AvgIpc) is 3.11. The Hall–Kier alpha value is -2.64. The third-order valence-electron chi connectivity index (χ3n) is 3.61. The Kier molecular flexibility index (Phi) is 5.70. The van der Waals surface area contributed by atoms with E-state index in [1.54, 1.807) is 43.1 Å². The van der Waals surface area contributed by atoms with Crippen LogP contribution in [0.25, 0.3) is 11.3 Å². The van der Waals surface area contributed by atoms with E-state index in [9.17, 15) is 9.59 Å². The average molecular weight is 384 g/mol. The van der Waals surface area contributed by atoms with Crippen molar-refractivity contribution in [2.45, 2.75) is 4.21 Å². The molecule has 0 atom stereocenters. The molecule has 5 nitrogen and oxygen atoms in total. The summed E-state index contributed by atoms with van der Waals surface area (Å²) in [6.07, 6.45) is 1.95. The Bertz CT molecular complexity index is 922. The van der Waals surface area contributed by atoms with Crippen molar-refractivity contribution in [3.63, 3.8) is 0 Å². The van der Waals surface area contributed by atoms with Gasteiger partial charge in [-0.15, -0.1) is 11.8 Å². The van der Waals surface area contributed by atoms with E-state index in [1.807, 2.05) is 36.6 Å². The molecule has 0 aliphatic rings. The second kappa shape index (κ2) is 8.16. The summed E-state index contributed by atoms with van der Waals surface area (Å²) >= 11 is 2.90. The van der Waals surface area contributed by atoms with Crippen molar-refractivity contribution in [3.8, 4) is 17.0 Å². The largest absolute Gasteiger partial charge is 0.497 e. The van der Waals surface area contributed by atoms with Crippen molar-refractivity contribution < 1.29 is 14.3 Å². The van der Waals surface area contributed by atoms with Crippen LogP contribution in [0, 0.1) is 0 Å². The molecule has 0 aliphatic carbocycles. The van der Waals surface area contributed by atoms with E-state index in [2.05, 4.69) is 10.3 Å². The zero-order valence-electron chi connectivity index (χ0n) is 14.2. The number of ether oxygens (including phenoxy) is 1. The fourth-order valence-electron chi connectivity index (χ4n) is 2.30. The highest BCUT2D eigenvalue weighted by molar-refractivity contribution is 8.00. The van der Waals surface area contributed by atoms with Gasteiger partial charge in [0.15, 0.2) is 5.13 Å². The molecular weight excluding hydrogens is 368 g/mol. The maximum absolute atomic E-state index is 12.3. The Morgan fingerprint density at radius 3 is 2.38 bits per heavy atom. The first kappa shape index (κ1) is 18.2. The number of ketones is 1. The van der Waals surface area contributed by atoms with Crippen LogP contribution in [0.5, 0.6) is 5.75 Å². The van der Waals surface area contributed by atoms with Crippen molar-refractivity contribution >= 4 is 39.9 Å². The predicted octanol–water partition coefficient (Wildman–Crippen LogP) is 4.36. The number of amides is 1. The summed E-state index contributed by atoms with van der Waals surface area (Å²) < 4.78 is 6.03. The molecule has 0 spiro atoms. The Labute approximate surface area is 159 Å². The molecule has 1 N–H and O–H groups in total. The van der Waals surface area contributed by atoms with Crippen LogP contribution in [-0.2, 0) is 4.79 Å². The Morgan fingerprint density at radius 1 is 1.08 bits per heavy atom. The molecule has 0 unspecified atom stereocenters. The number of carbonyl (C=O) groups is 2. The number of nitrogens with zero attached hydrogens (tertiary/aromatic N) is 1. The van der Waals surface area contributed by atoms with Gasteiger partial charge < -0.3 is 4.74 Å². The van der Waals surface area contributed by atoms with Gasteiger partial charge in [0.2, 0.25) is 0 Å². The minimum Gasteiger partial charge on any atom is -0.497 e. The van der Waals surface area contributed by atoms with Gasteiger partial charge in [-0.2, -0.15) is 0 Å². The van der Waals surface area contributed by atoms with Crippen LogP contribution in [0.2, 0.25) is 0 Å². The number of Topliss-reactive ketones (excluding diaryl/α,β-unsaturated/α-hetero) is 1. The number of aromatic nitrogens is 1. The second-order valence-corrected chi connectivity index (χ2v) is 7.31. The molecule has 1 aromatic heterocycles. The highest BCUT2D eigenvalue weighted by Crippen LogP contribution is 2.37. The molecule has 1 amide bonds. The third kappa shape index (κ3) is 3.95. The number of nitrogens with one attached hydrogen (secondary N) is 1. The van der Waals surface area contributed by atoms with Crippen molar-refractivity contribution in [2.24, 2.45) is 0 Å². The van der Waals surface area contributed by atoms with Crippen molar-refractivity contribution in [1.82, 2.24) is 4.98 Å². The van der Waals surface area contributed by atoms with Crippen molar-refractivity contribution in [2.75, 3.05) is 18.7 Å². The molecule has 0 saturated carbocycles. The first-order chi connectivity index (χ1) is 12.6. The standard InChI is InChI=1S/C19H16N2O3S2/c1-24-14-10-8-13(9-11-14)16(22)17(23)21-19-20-15(18(25-2)26-19)12-6-4-3-5-7-12/h3-11H,1-2H3,(H,20,21,23). The topological polar surface area (TPSA) is 68.3 Å². The minimum absolute atomic E-state index is 0.299. The van der Waals surface area contributed by atoms with Crippen LogP contribution < -0.4 is 10.1 Å². The third-order valence-corrected chi connectivity index (χ3v) is 5.69. The molecular formula is C19H16N2O3S2. The van der Waals surface area contributed by atoms with Gasteiger partial charge in [0.05, 0.1) is 17.0 Å². The van der Waals surface area contributed by atoms with E-state index < -0.39 is 11.7 Å². The first-order valence-corrected chi connectivity index (χ1v) is 9.76. The summed E-state index contributed by atoms with van der Waals surface area (Å²) in [4.78, 5) is 29.1. The summed E-state index contributed by atoms with van der Waals surface area (Å²) in [5.74, 6) is -0.704. The lowest BCUT2D eigenvalue weighted by Crippen LogP contribution is -2.22. The number of thioether (sulfide) groups is 1. The maximum Gasteiger partial charge on any atom is 0.298 e. The van der Waals surface area contributed by atoms with Crippen LogP contribution >= 0.6 is 23.1 Å². The molecule has 2 aromatic carbocycles. The molecule has 1 heterocycles. The monoisotopic (exact) mass is 384 g/mol. The van der Waals surface area contributed by atoms with Gasteiger partial charge in [0.1, 0.15) is 5.75 Å². The van der Waals surface area contributed by atoms with Gasteiger partial charge in [0, 0.05) is 11.1 Å². The lowest BCUT2D eigenvalue weighted by atomic mass is 10.1. The maximum atomic E-state index is 12.3. The molecule has 0 saturated heterocycles. The number of methoxy groups -OCH3 is 1. The smallest absolute Gasteiger partial charge is 0.298 e. The summed E-state index contributed by atoms with van der Waals surface area (Å²) in [6, 6.07) is 16.1. The molecule has 7 heteroatoms. The number of carbonyl (C=O) groups excluding carboxylic acids is 2. The highest BCUT2D eigenvalue weighted by Gasteiger charge is 2.20. The predicted molar refractivity (Wildman–Crippen MR) is 105 cm³/mol. The Morgan fingerprint density at radius 2 is 1.77 bits per heavy atom. The quantitative estimate of drug-likeness (QED) is 0.388. The van der Waals surface area contributed by atoms with Gasteiger partial charge in [-0.3, -0.25) is 14.9 Å². The van der Waals surface area contributed by atoms with Crippen LogP contribution in [0.1, 0.15) is 10.4 Å². The summed E-state index contributed by atoms with van der Waals surface area (Å²) in [7, 11) is 1.54. The lowest BCUT2D eigenvalue weighted by Gasteiger charge is -2.03. The summed E-state index contributed by atoms with van der Waals surface area (Å²) in [5.41, 5.74) is 2.07. The van der Waals surface area contributed by atoms with Gasteiger partial charge >= 0.3 is 0 Å². The van der Waals surface area contributed by atoms with E-state index in [0.717, 1.165) is 15.5 Å². The second-order valence-electron chi connectivity index (χ2n) is 5.24. The van der Waals surface area contributed by atoms with Crippen LogP contribution in [0.15, 0.2) is 58.8 Å². The van der Waals surface area contributed by atoms with Crippen LogP contribution in [0.4, 0.5) is 5.13 Å². The Balaban J connectivity index is 1.78. The summed E-state index contributed by atoms with van der Waals surface area (Å²) in [6.45, 7) is 0. The van der Waals surface area contributed by atoms with Crippen LogP contribution in [-0.4, -0.2) is 30.0 Å². The zero-order valence-corrected chi connectivity index (χ0v) is 15.8. The molecule has 3 rings (SSSR count). The lowest BCUT2D eigenvalue weighted by molar-refractivity contribution is -0.112. The fourth-order valence-corrected chi connectivity index (χ4v) is 3.95. The van der Waals surface area contributed by atoms with Gasteiger partial charge in [-0.05, 0) is 30.5 Å². The molecule has 0 bridgehead atoms. The molecule has 0 radical (unpaired) electrons. The number of hydrogen-bond donors (Lipinski definition) is 1. The van der Waals surface area contributed by atoms with E-state index in [4.69, 9.17) is 4.74 Å². The van der Waals surface area contributed by atoms with Crippen molar-refractivity contribution in [1.29, 1.82) is 0 Å². The van der Waals surface area contributed by atoms with E-state index in [-0.39, 0.29) is 0 Å². The fraction of sp³-hybridized carbons (Fsp3) is 0.105. The van der Waals surface area contributed by atoms with Gasteiger partial charge in [0.25, 0.3) is 11.7 Å². The SMILES string of the molecule is COc1ccc(C(=O)C(=O)Nc2nc(-c3ccccc3)c(SC)s2)cc1. The highest BCUT2D eigenvalue weighted by atomic mass is 32.2. The molecule has 0 aliphatic heterocycles. The molecule has 3 aromatic rings. The molecule has 26 heavy (non-hydrogen) atoms. The van der Waals surface area contributed by atoms with E-state index in [0.29, 0.717) is 16.4 Å². The van der Waals surface area contributed by atoms with E-state index in [1.165, 1.54) is 11.3 Å². The normalized spacial score (nSPS) is 10.4. The first-order valence-electron chi connectivity index (χ1n) is 7.72. The van der Waals surface area contributed by atoms with Gasteiger partial charge in [-0.25, -0.2) is 4.98 Å². The number of anilines is 1. The summed E-state index contributed by atoms with van der Waals surface area (Å²) in [5, 5.41) is 3.01. The minimum atomic E-state index is -0.712. The molecule has 0 fully saturated rings.